The number of carbonyl (C=O) groups is 1. The molecule has 0 aliphatic rings. The molecule has 124 valence electrons. The number of nitrogens with one attached hydrogen (secondary N) is 1. The Morgan fingerprint density at radius 2 is 1.92 bits per heavy atom. The first kappa shape index (κ1) is 16.7. The molecule has 1 unspecified atom stereocenters. The number of aromatic nitrogens is 1. The standard InChI is InChI=1S/C19H15N3O2S/c1-13(24-17-10-6-5-9-15(17)11-20)18(23)22-19-21-16(12-25-19)14-7-3-2-4-8-14/h2-10,12-13H,1H3,(H,21,22,23). The molecule has 0 radical (unpaired) electrons. The van der Waals surface area contributed by atoms with Crippen LogP contribution in [0.1, 0.15) is 12.5 Å². The SMILES string of the molecule is CC(Oc1ccccc1C#N)C(=O)Nc1nc(-c2ccccc2)cs1. The minimum absolute atomic E-state index is 0.318. The largest absolute Gasteiger partial charge is 0.480 e. The number of para-hydroxylation sites is 1. The van der Waals surface area contributed by atoms with E-state index in [4.69, 9.17) is 10.00 Å². The van der Waals surface area contributed by atoms with Crippen molar-refractivity contribution in [2.75, 3.05) is 5.32 Å². The van der Waals surface area contributed by atoms with Crippen molar-refractivity contribution in [2.45, 2.75) is 13.0 Å². The Morgan fingerprint density at radius 3 is 2.68 bits per heavy atom. The van der Waals surface area contributed by atoms with Gasteiger partial charge in [-0.2, -0.15) is 5.26 Å². The first-order valence-electron chi connectivity index (χ1n) is 7.65. The zero-order valence-corrected chi connectivity index (χ0v) is 14.3. The number of hydrogen-bond acceptors (Lipinski definition) is 5. The number of nitrogens with zero attached hydrogens (tertiary/aromatic N) is 2. The fourth-order valence-corrected chi connectivity index (χ4v) is 2.91. The van der Waals surface area contributed by atoms with Crippen molar-refractivity contribution in [3.63, 3.8) is 0 Å². The molecule has 1 atom stereocenters. The average molecular weight is 349 g/mol. The fourth-order valence-electron chi connectivity index (χ4n) is 2.19. The van der Waals surface area contributed by atoms with Gasteiger partial charge in [0.15, 0.2) is 11.2 Å². The minimum Gasteiger partial charge on any atom is -0.480 e. The quantitative estimate of drug-likeness (QED) is 0.753. The molecule has 3 rings (SSSR count). The van der Waals surface area contributed by atoms with Crippen LogP contribution in [0.5, 0.6) is 5.75 Å². The second-order valence-electron chi connectivity index (χ2n) is 5.26. The maximum atomic E-state index is 12.3. The molecule has 1 amide bonds. The maximum absolute atomic E-state index is 12.3. The van der Waals surface area contributed by atoms with Gasteiger partial charge in [0, 0.05) is 10.9 Å². The van der Waals surface area contributed by atoms with Crippen LogP contribution >= 0.6 is 11.3 Å². The molecule has 1 N–H and O–H groups in total. The first-order chi connectivity index (χ1) is 12.2. The van der Waals surface area contributed by atoms with E-state index in [0.717, 1.165) is 11.3 Å². The third-order valence-corrected chi connectivity index (χ3v) is 4.24. The van der Waals surface area contributed by atoms with Crippen LogP contribution in [-0.4, -0.2) is 17.0 Å². The summed E-state index contributed by atoms with van der Waals surface area (Å²) in [5, 5.41) is 14.2. The lowest BCUT2D eigenvalue weighted by Gasteiger charge is -2.14. The van der Waals surface area contributed by atoms with Gasteiger partial charge in [0.05, 0.1) is 11.3 Å². The highest BCUT2D eigenvalue weighted by atomic mass is 32.1. The van der Waals surface area contributed by atoms with Gasteiger partial charge in [-0.05, 0) is 19.1 Å². The zero-order chi connectivity index (χ0) is 17.6. The molecular weight excluding hydrogens is 334 g/mol. The second-order valence-corrected chi connectivity index (χ2v) is 6.12. The Labute approximate surface area is 149 Å². The van der Waals surface area contributed by atoms with E-state index in [1.54, 1.807) is 31.2 Å². The Balaban J connectivity index is 1.66. The summed E-state index contributed by atoms with van der Waals surface area (Å²) in [5.74, 6) is 0.0680. The minimum atomic E-state index is -0.751. The van der Waals surface area contributed by atoms with Crippen LogP contribution < -0.4 is 10.1 Å². The van der Waals surface area contributed by atoms with E-state index in [0.29, 0.717) is 16.4 Å². The number of rotatable bonds is 5. The van der Waals surface area contributed by atoms with E-state index in [1.807, 2.05) is 41.8 Å². The summed E-state index contributed by atoms with van der Waals surface area (Å²) in [6.45, 7) is 1.63. The maximum Gasteiger partial charge on any atom is 0.266 e. The molecule has 0 saturated carbocycles. The molecule has 0 aliphatic carbocycles. The Bertz CT molecular complexity index is 916. The molecule has 2 aromatic carbocycles. The molecule has 1 aromatic heterocycles. The van der Waals surface area contributed by atoms with Gasteiger partial charge in [0.25, 0.3) is 5.91 Å². The summed E-state index contributed by atoms with van der Waals surface area (Å²) < 4.78 is 5.60. The molecule has 1 heterocycles. The van der Waals surface area contributed by atoms with Gasteiger partial charge < -0.3 is 4.74 Å². The van der Waals surface area contributed by atoms with E-state index in [2.05, 4.69) is 10.3 Å². The van der Waals surface area contributed by atoms with Crippen molar-refractivity contribution in [3.05, 3.63) is 65.5 Å². The Hall–Kier alpha value is -3.17. The first-order valence-corrected chi connectivity index (χ1v) is 8.53. The van der Waals surface area contributed by atoms with E-state index in [1.165, 1.54) is 11.3 Å². The second kappa shape index (κ2) is 7.60. The zero-order valence-electron chi connectivity index (χ0n) is 13.5. The number of thiazole rings is 1. The molecule has 3 aromatic rings. The number of hydrogen-bond donors (Lipinski definition) is 1. The van der Waals surface area contributed by atoms with Crippen molar-refractivity contribution in [2.24, 2.45) is 0 Å². The number of carbonyl (C=O) groups excluding carboxylic acids is 1. The lowest BCUT2D eigenvalue weighted by atomic mass is 10.2. The summed E-state index contributed by atoms with van der Waals surface area (Å²) in [6, 6.07) is 18.6. The van der Waals surface area contributed by atoms with E-state index >= 15 is 0 Å². The fraction of sp³-hybridized carbons (Fsp3) is 0.105. The van der Waals surface area contributed by atoms with Gasteiger partial charge in [-0.25, -0.2) is 4.98 Å². The normalized spacial score (nSPS) is 11.4. The highest BCUT2D eigenvalue weighted by Crippen LogP contribution is 2.25. The van der Waals surface area contributed by atoms with Gasteiger partial charge >= 0.3 is 0 Å². The number of ether oxygens (including phenoxy) is 1. The van der Waals surface area contributed by atoms with E-state index in [9.17, 15) is 4.79 Å². The van der Waals surface area contributed by atoms with Crippen LogP contribution in [-0.2, 0) is 4.79 Å². The van der Waals surface area contributed by atoms with Crippen LogP contribution in [0.2, 0.25) is 0 Å². The molecule has 0 bridgehead atoms. The predicted octanol–water partition coefficient (Wildman–Crippen LogP) is 4.09. The molecule has 0 aliphatic heterocycles. The summed E-state index contributed by atoms with van der Waals surface area (Å²) in [5.41, 5.74) is 2.19. The van der Waals surface area contributed by atoms with Gasteiger partial charge in [-0.15, -0.1) is 11.3 Å². The predicted molar refractivity (Wildman–Crippen MR) is 97.4 cm³/mol. The van der Waals surface area contributed by atoms with Crippen LogP contribution in [0.3, 0.4) is 0 Å². The molecule has 0 fully saturated rings. The van der Waals surface area contributed by atoms with Crippen molar-refractivity contribution in [1.29, 1.82) is 5.26 Å². The van der Waals surface area contributed by atoms with E-state index < -0.39 is 6.10 Å². The lowest BCUT2D eigenvalue weighted by Crippen LogP contribution is -2.30. The van der Waals surface area contributed by atoms with Crippen molar-refractivity contribution in [3.8, 4) is 23.1 Å². The summed E-state index contributed by atoms with van der Waals surface area (Å²) in [7, 11) is 0. The lowest BCUT2D eigenvalue weighted by molar-refractivity contribution is -0.122. The number of benzene rings is 2. The molecular formula is C19H15N3O2S. The van der Waals surface area contributed by atoms with Crippen LogP contribution in [0.4, 0.5) is 5.13 Å². The third kappa shape index (κ3) is 4.03. The van der Waals surface area contributed by atoms with Crippen LogP contribution in [0.15, 0.2) is 60.0 Å². The third-order valence-electron chi connectivity index (χ3n) is 3.48. The Kier molecular flexibility index (Phi) is 5.07. The number of anilines is 1. The van der Waals surface area contributed by atoms with E-state index in [-0.39, 0.29) is 5.91 Å². The van der Waals surface area contributed by atoms with Crippen molar-refractivity contribution < 1.29 is 9.53 Å². The van der Waals surface area contributed by atoms with Crippen LogP contribution in [0, 0.1) is 11.3 Å². The molecule has 6 heteroatoms. The Morgan fingerprint density at radius 1 is 1.20 bits per heavy atom. The van der Waals surface area contributed by atoms with Gasteiger partial charge in [0.1, 0.15) is 11.8 Å². The number of amides is 1. The van der Waals surface area contributed by atoms with Crippen molar-refractivity contribution in [1.82, 2.24) is 4.98 Å². The average Bonchev–Trinajstić information content (AvgIpc) is 3.11. The summed E-state index contributed by atoms with van der Waals surface area (Å²) in [4.78, 5) is 16.7. The smallest absolute Gasteiger partial charge is 0.266 e. The molecule has 25 heavy (non-hydrogen) atoms. The van der Waals surface area contributed by atoms with Gasteiger partial charge in [-0.1, -0.05) is 42.5 Å². The van der Waals surface area contributed by atoms with Crippen LogP contribution in [0.25, 0.3) is 11.3 Å². The van der Waals surface area contributed by atoms with Gasteiger partial charge in [0.2, 0.25) is 0 Å². The summed E-state index contributed by atoms with van der Waals surface area (Å²) in [6.07, 6.45) is -0.751. The monoisotopic (exact) mass is 349 g/mol. The molecule has 0 spiro atoms. The highest BCUT2D eigenvalue weighted by Gasteiger charge is 2.18. The van der Waals surface area contributed by atoms with Gasteiger partial charge in [-0.3, -0.25) is 10.1 Å². The molecule has 5 nitrogen and oxygen atoms in total. The summed E-state index contributed by atoms with van der Waals surface area (Å²) >= 11 is 1.35. The highest BCUT2D eigenvalue weighted by molar-refractivity contribution is 7.14. The van der Waals surface area contributed by atoms with Crippen molar-refractivity contribution >= 4 is 22.4 Å². The number of nitriles is 1. The topological polar surface area (TPSA) is 75.0 Å². The molecule has 0 saturated heterocycles.